The molecule has 5 aliphatic carbocycles. The Kier molecular flexibility index (Phi) is 12.6. The molecule has 0 bridgehead atoms. The number of hydrogen-bond donors (Lipinski definition) is 0. The average molecular weight is 884 g/mol. The van der Waals surface area contributed by atoms with Crippen molar-refractivity contribution in [1.29, 1.82) is 0 Å². The normalized spacial score (nSPS) is 21.0. The van der Waals surface area contributed by atoms with Crippen LogP contribution in [-0.2, 0) is 10.8 Å². The fraction of sp³-hybridized carbons (Fsp3) is 0.455. The van der Waals surface area contributed by atoms with Gasteiger partial charge in [-0.05, 0) is 191 Å². The van der Waals surface area contributed by atoms with Crippen LogP contribution in [0.2, 0.25) is 0 Å². The first kappa shape index (κ1) is 44.6. The second-order valence-corrected chi connectivity index (χ2v) is 23.1. The van der Waals surface area contributed by atoms with Crippen LogP contribution in [0.15, 0.2) is 127 Å². The summed E-state index contributed by atoms with van der Waals surface area (Å²) in [6, 6.07) is 51.4. The zero-order valence-corrected chi connectivity index (χ0v) is 41.5. The summed E-state index contributed by atoms with van der Waals surface area (Å²) in [6.45, 7) is 9.42. The van der Waals surface area contributed by atoms with Gasteiger partial charge >= 0.3 is 0 Å². The Morgan fingerprint density at radius 1 is 0.418 bits per heavy atom. The maximum atomic E-state index is 2.76. The van der Waals surface area contributed by atoms with Crippen LogP contribution in [0.25, 0.3) is 22.3 Å². The summed E-state index contributed by atoms with van der Waals surface area (Å²) >= 11 is 0. The Bertz CT molecular complexity index is 2590. The quantitative estimate of drug-likeness (QED) is 0.140. The predicted molar refractivity (Wildman–Crippen MR) is 286 cm³/mol. The van der Waals surface area contributed by atoms with E-state index in [4.69, 9.17) is 0 Å². The van der Waals surface area contributed by atoms with Gasteiger partial charge in [0.05, 0.1) is 0 Å². The van der Waals surface area contributed by atoms with Crippen LogP contribution in [0.1, 0.15) is 224 Å². The summed E-state index contributed by atoms with van der Waals surface area (Å²) in [5.74, 6) is 2.75. The molecular formula is C66H77N. The number of nitrogens with zero attached hydrogens (tertiary/aromatic N) is 1. The van der Waals surface area contributed by atoms with E-state index in [-0.39, 0.29) is 10.8 Å². The van der Waals surface area contributed by atoms with Crippen molar-refractivity contribution in [2.24, 2.45) is 0 Å². The molecule has 0 N–H and O–H groups in total. The molecule has 11 rings (SSSR count). The van der Waals surface area contributed by atoms with Crippen molar-refractivity contribution in [3.8, 4) is 22.3 Å². The summed E-state index contributed by atoms with van der Waals surface area (Å²) in [5.41, 5.74) is 21.4. The molecule has 0 aromatic heterocycles. The van der Waals surface area contributed by atoms with Gasteiger partial charge in [-0.3, -0.25) is 0 Å². The summed E-state index contributed by atoms with van der Waals surface area (Å²) < 4.78 is 0. The molecule has 0 saturated heterocycles. The molecule has 346 valence electrons. The van der Waals surface area contributed by atoms with Crippen molar-refractivity contribution in [3.63, 3.8) is 0 Å². The second kappa shape index (κ2) is 18.9. The third kappa shape index (κ3) is 8.65. The van der Waals surface area contributed by atoms with Gasteiger partial charge in [0.1, 0.15) is 0 Å². The molecule has 1 nitrogen and oxygen atoms in total. The highest BCUT2D eigenvalue weighted by Crippen LogP contribution is 2.55. The van der Waals surface area contributed by atoms with Gasteiger partial charge in [0, 0.05) is 22.5 Å². The molecule has 67 heavy (non-hydrogen) atoms. The number of fused-ring (bicyclic) bond motifs is 3. The molecule has 6 aromatic carbocycles. The van der Waals surface area contributed by atoms with Gasteiger partial charge in [0.2, 0.25) is 0 Å². The van der Waals surface area contributed by atoms with E-state index in [2.05, 4.69) is 160 Å². The topological polar surface area (TPSA) is 3.24 Å². The second-order valence-electron chi connectivity index (χ2n) is 23.1. The molecule has 4 saturated carbocycles. The number of rotatable bonds is 9. The lowest BCUT2D eigenvalue weighted by Crippen LogP contribution is -2.23. The highest BCUT2D eigenvalue weighted by Gasteiger charge is 2.41. The summed E-state index contributed by atoms with van der Waals surface area (Å²) in [6.07, 6.45) is 27.3. The van der Waals surface area contributed by atoms with Gasteiger partial charge < -0.3 is 4.90 Å². The van der Waals surface area contributed by atoms with Crippen molar-refractivity contribution in [3.05, 3.63) is 172 Å². The SMILES string of the molecule is CC(C)(C)c1ccc(C2(C)c3ccccc3-c3ccc(N(c4ccc(-c5c(C6CCCCC6)cc(C6CCCCC6)cc5C5CCCCC5)cc4)c4ccc(C5CCCCC5)cc4)cc32)cc1. The standard InChI is InChI=1S/C66H77N/c1-65(2,3)53-33-35-54(36-34-53)66(4)62-28-18-17-27-58(62)59-42-41-57(45-63(59)66)67(55-37-29-48(30-38-55)46-19-9-5-10-20-46)56-39-31-51(32-40-56)64-60(49-23-13-7-14-24-49)43-52(47-21-11-6-12-22-47)44-61(64)50-25-15-8-16-26-50/h17-18,27-47,49-50H,5-16,19-26H2,1-4H3. The maximum absolute atomic E-state index is 2.76. The van der Waals surface area contributed by atoms with E-state index in [1.54, 1.807) is 22.3 Å². The minimum atomic E-state index is -0.284. The monoisotopic (exact) mass is 884 g/mol. The molecular weight excluding hydrogens is 807 g/mol. The van der Waals surface area contributed by atoms with Gasteiger partial charge in [-0.15, -0.1) is 0 Å². The van der Waals surface area contributed by atoms with Gasteiger partial charge in [0.15, 0.2) is 0 Å². The van der Waals surface area contributed by atoms with Crippen LogP contribution in [-0.4, -0.2) is 0 Å². The Morgan fingerprint density at radius 3 is 1.42 bits per heavy atom. The fourth-order valence-corrected chi connectivity index (χ4v) is 14.0. The largest absolute Gasteiger partial charge is 0.310 e. The lowest BCUT2D eigenvalue weighted by atomic mass is 9.72. The van der Waals surface area contributed by atoms with E-state index in [9.17, 15) is 0 Å². The fourth-order valence-electron chi connectivity index (χ4n) is 14.0. The molecule has 1 heteroatoms. The van der Waals surface area contributed by atoms with Crippen molar-refractivity contribution in [2.75, 3.05) is 4.90 Å². The lowest BCUT2D eigenvalue weighted by Gasteiger charge is -2.33. The average Bonchev–Trinajstić information content (AvgIpc) is 3.65. The van der Waals surface area contributed by atoms with Crippen molar-refractivity contribution < 1.29 is 0 Å². The summed E-state index contributed by atoms with van der Waals surface area (Å²) in [7, 11) is 0. The Morgan fingerprint density at radius 2 is 0.881 bits per heavy atom. The summed E-state index contributed by atoms with van der Waals surface area (Å²) in [4.78, 5) is 2.57. The van der Waals surface area contributed by atoms with E-state index < -0.39 is 0 Å². The third-order valence-electron chi connectivity index (χ3n) is 17.9. The van der Waals surface area contributed by atoms with Crippen LogP contribution in [0.4, 0.5) is 17.1 Å². The Labute approximate surface area is 404 Å². The van der Waals surface area contributed by atoms with Crippen LogP contribution in [0.5, 0.6) is 0 Å². The number of benzene rings is 6. The van der Waals surface area contributed by atoms with Crippen molar-refractivity contribution in [2.45, 2.75) is 191 Å². The van der Waals surface area contributed by atoms with Crippen LogP contribution >= 0.6 is 0 Å². The molecule has 0 amide bonds. The zero-order chi connectivity index (χ0) is 45.5. The molecule has 0 spiro atoms. The number of hydrogen-bond acceptors (Lipinski definition) is 1. The minimum Gasteiger partial charge on any atom is -0.310 e. The number of anilines is 3. The zero-order valence-electron chi connectivity index (χ0n) is 41.5. The van der Waals surface area contributed by atoms with E-state index in [1.165, 1.54) is 190 Å². The van der Waals surface area contributed by atoms with E-state index >= 15 is 0 Å². The van der Waals surface area contributed by atoms with E-state index in [1.807, 2.05) is 0 Å². The van der Waals surface area contributed by atoms with Gasteiger partial charge in [-0.25, -0.2) is 0 Å². The van der Waals surface area contributed by atoms with Gasteiger partial charge in [-0.1, -0.05) is 189 Å². The molecule has 6 aromatic rings. The molecule has 5 aliphatic rings. The first-order valence-corrected chi connectivity index (χ1v) is 27.3. The molecule has 1 unspecified atom stereocenters. The first-order valence-electron chi connectivity index (χ1n) is 27.3. The van der Waals surface area contributed by atoms with Crippen LogP contribution in [0, 0.1) is 0 Å². The molecule has 1 atom stereocenters. The van der Waals surface area contributed by atoms with Gasteiger partial charge in [0.25, 0.3) is 0 Å². The molecule has 0 aliphatic heterocycles. The van der Waals surface area contributed by atoms with Crippen LogP contribution < -0.4 is 4.90 Å². The lowest BCUT2D eigenvalue weighted by molar-refractivity contribution is 0.428. The third-order valence-corrected chi connectivity index (χ3v) is 17.9. The van der Waals surface area contributed by atoms with Crippen molar-refractivity contribution in [1.82, 2.24) is 0 Å². The minimum absolute atomic E-state index is 0.105. The Hall–Kier alpha value is -4.88. The van der Waals surface area contributed by atoms with Crippen molar-refractivity contribution >= 4 is 17.1 Å². The highest BCUT2D eigenvalue weighted by atomic mass is 15.1. The Balaban J connectivity index is 1.04. The van der Waals surface area contributed by atoms with Crippen LogP contribution in [0.3, 0.4) is 0 Å². The van der Waals surface area contributed by atoms with E-state index in [0.29, 0.717) is 17.8 Å². The molecule has 0 heterocycles. The molecule has 4 fully saturated rings. The van der Waals surface area contributed by atoms with Gasteiger partial charge in [-0.2, -0.15) is 0 Å². The first-order chi connectivity index (χ1) is 32.7. The van der Waals surface area contributed by atoms with E-state index in [0.717, 1.165) is 5.92 Å². The predicted octanol–water partition coefficient (Wildman–Crippen LogP) is 19.6. The summed E-state index contributed by atoms with van der Waals surface area (Å²) in [5, 5.41) is 0. The molecule has 0 radical (unpaired) electrons. The highest BCUT2D eigenvalue weighted by molar-refractivity contribution is 5.88. The maximum Gasteiger partial charge on any atom is 0.0465 e. The smallest absolute Gasteiger partial charge is 0.0465 e.